The molecule has 0 saturated carbocycles. The molecule has 2 aromatic carbocycles. The van der Waals surface area contributed by atoms with Gasteiger partial charge in [0.05, 0.1) is 16.2 Å². The molecule has 1 N–H and O–H groups in total. The van der Waals surface area contributed by atoms with Crippen LogP contribution in [0.4, 0.5) is 5.69 Å². The summed E-state index contributed by atoms with van der Waals surface area (Å²) in [6, 6.07) is 12.4. The number of hydrogen-bond acceptors (Lipinski definition) is 5. The van der Waals surface area contributed by atoms with Gasteiger partial charge in [-0.15, -0.1) is 0 Å². The summed E-state index contributed by atoms with van der Waals surface area (Å²) in [6.07, 6.45) is 1.36. The number of para-hydroxylation sites is 1. The molecule has 1 aromatic heterocycles. The second-order valence-electron chi connectivity index (χ2n) is 6.42. The third-order valence-corrected chi connectivity index (χ3v) is 6.77. The number of hydrogen-bond donors (Lipinski definition) is 1. The number of rotatable bonds is 3. The minimum absolute atomic E-state index is 0.0714. The summed E-state index contributed by atoms with van der Waals surface area (Å²) in [5.74, 6) is 0. The van der Waals surface area contributed by atoms with Crippen molar-refractivity contribution < 1.29 is 8.42 Å². The first-order chi connectivity index (χ1) is 12.5. The molecule has 1 aliphatic heterocycles. The van der Waals surface area contributed by atoms with Gasteiger partial charge in [0.25, 0.3) is 10.0 Å². The number of imidazole rings is 1. The van der Waals surface area contributed by atoms with E-state index in [0.717, 1.165) is 25.3 Å². The van der Waals surface area contributed by atoms with Gasteiger partial charge in [0, 0.05) is 25.7 Å². The van der Waals surface area contributed by atoms with E-state index in [-0.39, 0.29) is 9.92 Å². The number of aromatic nitrogens is 2. The number of piperazine rings is 1. The van der Waals surface area contributed by atoms with Crippen LogP contribution in [0.25, 0.3) is 11.0 Å². The fourth-order valence-corrected chi connectivity index (χ4v) is 5.14. The van der Waals surface area contributed by atoms with Crippen LogP contribution in [0.2, 0.25) is 5.02 Å². The first kappa shape index (κ1) is 17.3. The van der Waals surface area contributed by atoms with Crippen LogP contribution in [0.5, 0.6) is 0 Å². The van der Waals surface area contributed by atoms with E-state index in [1.807, 2.05) is 12.1 Å². The van der Waals surface area contributed by atoms with Gasteiger partial charge >= 0.3 is 0 Å². The molecule has 0 bridgehead atoms. The molecule has 4 rings (SSSR count). The van der Waals surface area contributed by atoms with Gasteiger partial charge in [-0.05, 0) is 31.2 Å². The molecule has 2 heterocycles. The maximum absolute atomic E-state index is 13.1. The van der Waals surface area contributed by atoms with E-state index in [4.69, 9.17) is 11.6 Å². The van der Waals surface area contributed by atoms with Gasteiger partial charge in [0.2, 0.25) is 0 Å². The maximum atomic E-state index is 13.1. The molecule has 1 atom stereocenters. The Bertz CT molecular complexity index is 1060. The average Bonchev–Trinajstić information content (AvgIpc) is 3.07. The lowest BCUT2D eigenvalue weighted by molar-refractivity contribution is 0.485. The minimum atomic E-state index is -3.82. The second kappa shape index (κ2) is 6.57. The van der Waals surface area contributed by atoms with Crippen molar-refractivity contribution in [1.82, 2.24) is 14.3 Å². The summed E-state index contributed by atoms with van der Waals surface area (Å²) in [5, 5.41) is 3.60. The van der Waals surface area contributed by atoms with Gasteiger partial charge in [-0.3, -0.25) is 0 Å². The molecule has 0 aliphatic carbocycles. The summed E-state index contributed by atoms with van der Waals surface area (Å²) in [4.78, 5) is 6.73. The van der Waals surface area contributed by atoms with Crippen molar-refractivity contribution in [2.75, 3.05) is 24.5 Å². The quantitative estimate of drug-likeness (QED) is 0.744. The number of anilines is 1. The molecule has 136 valence electrons. The highest BCUT2D eigenvalue weighted by molar-refractivity contribution is 7.90. The van der Waals surface area contributed by atoms with Crippen LogP contribution in [-0.2, 0) is 10.0 Å². The lowest BCUT2D eigenvalue weighted by Gasteiger charge is -2.33. The van der Waals surface area contributed by atoms with E-state index in [1.165, 1.54) is 16.4 Å². The largest absolute Gasteiger partial charge is 0.367 e. The van der Waals surface area contributed by atoms with E-state index < -0.39 is 10.0 Å². The number of fused-ring (bicyclic) bond motifs is 1. The van der Waals surface area contributed by atoms with Gasteiger partial charge < -0.3 is 10.2 Å². The first-order valence-corrected chi connectivity index (χ1v) is 10.2. The third kappa shape index (κ3) is 2.86. The van der Waals surface area contributed by atoms with Gasteiger partial charge in [-0.2, -0.15) is 0 Å². The predicted molar refractivity (Wildman–Crippen MR) is 103 cm³/mol. The second-order valence-corrected chi connectivity index (χ2v) is 8.61. The van der Waals surface area contributed by atoms with E-state index in [9.17, 15) is 8.42 Å². The molecule has 0 spiro atoms. The molecule has 0 amide bonds. The van der Waals surface area contributed by atoms with Crippen molar-refractivity contribution in [3.63, 3.8) is 0 Å². The van der Waals surface area contributed by atoms with Crippen molar-refractivity contribution in [2.24, 2.45) is 0 Å². The Balaban J connectivity index is 1.84. The third-order valence-electron chi connectivity index (χ3n) is 4.61. The van der Waals surface area contributed by atoms with Crippen LogP contribution >= 0.6 is 11.6 Å². The molecule has 26 heavy (non-hydrogen) atoms. The predicted octanol–water partition coefficient (Wildman–Crippen LogP) is 2.72. The summed E-state index contributed by atoms with van der Waals surface area (Å²) >= 11 is 6.12. The van der Waals surface area contributed by atoms with Crippen LogP contribution < -0.4 is 10.2 Å². The molecule has 1 aliphatic rings. The Morgan fingerprint density at radius 1 is 1.19 bits per heavy atom. The number of nitrogens with zero attached hydrogens (tertiary/aromatic N) is 3. The number of halogens is 1. The lowest BCUT2D eigenvalue weighted by atomic mass is 10.2. The van der Waals surface area contributed by atoms with Crippen molar-refractivity contribution in [1.29, 1.82) is 0 Å². The minimum Gasteiger partial charge on any atom is -0.367 e. The summed E-state index contributed by atoms with van der Waals surface area (Å²) in [6.45, 7) is 4.72. The zero-order chi connectivity index (χ0) is 18.3. The highest BCUT2D eigenvalue weighted by Gasteiger charge is 2.25. The number of benzene rings is 2. The molecular formula is C18H19ClN4O2S. The topological polar surface area (TPSA) is 67.2 Å². The van der Waals surface area contributed by atoms with Gasteiger partial charge in [0.1, 0.15) is 16.7 Å². The fourth-order valence-electron chi connectivity index (χ4n) is 3.36. The normalized spacial score (nSPS) is 18.4. The Labute approximate surface area is 157 Å². The van der Waals surface area contributed by atoms with E-state index >= 15 is 0 Å². The van der Waals surface area contributed by atoms with Gasteiger partial charge in [0.15, 0.2) is 0 Å². The number of nitrogens with one attached hydrogen (secondary N) is 1. The Kier molecular flexibility index (Phi) is 4.38. The molecule has 1 saturated heterocycles. The van der Waals surface area contributed by atoms with Crippen molar-refractivity contribution in [3.8, 4) is 0 Å². The highest BCUT2D eigenvalue weighted by Crippen LogP contribution is 2.30. The summed E-state index contributed by atoms with van der Waals surface area (Å²) in [7, 11) is -3.82. The monoisotopic (exact) mass is 390 g/mol. The van der Waals surface area contributed by atoms with Crippen LogP contribution in [-0.4, -0.2) is 43.1 Å². The molecule has 1 fully saturated rings. The Hall–Kier alpha value is -2.09. The highest BCUT2D eigenvalue weighted by atomic mass is 35.5. The van der Waals surface area contributed by atoms with E-state index in [2.05, 4.69) is 22.1 Å². The Morgan fingerprint density at radius 3 is 2.77 bits per heavy atom. The average molecular weight is 391 g/mol. The van der Waals surface area contributed by atoms with Crippen LogP contribution in [0, 0.1) is 0 Å². The van der Waals surface area contributed by atoms with Crippen LogP contribution in [0.3, 0.4) is 0 Å². The summed E-state index contributed by atoms with van der Waals surface area (Å²) < 4.78 is 27.4. The molecule has 8 heteroatoms. The van der Waals surface area contributed by atoms with Crippen LogP contribution in [0.1, 0.15) is 6.92 Å². The molecular weight excluding hydrogens is 372 g/mol. The molecule has 3 aromatic rings. The zero-order valence-corrected chi connectivity index (χ0v) is 15.8. The van der Waals surface area contributed by atoms with E-state index in [1.54, 1.807) is 24.3 Å². The maximum Gasteiger partial charge on any atom is 0.270 e. The SMILES string of the molecule is C[C@H]1CN(c2cccc3c2ncn3S(=O)(=O)c2ccccc2Cl)CCN1. The van der Waals surface area contributed by atoms with Gasteiger partial charge in [-0.1, -0.05) is 29.8 Å². The van der Waals surface area contributed by atoms with E-state index in [0.29, 0.717) is 17.1 Å². The molecule has 0 radical (unpaired) electrons. The summed E-state index contributed by atoms with van der Waals surface area (Å²) in [5.41, 5.74) is 2.18. The Morgan fingerprint density at radius 2 is 2.00 bits per heavy atom. The zero-order valence-electron chi connectivity index (χ0n) is 14.3. The fraction of sp³-hybridized carbons (Fsp3) is 0.278. The lowest BCUT2D eigenvalue weighted by Crippen LogP contribution is -2.49. The molecule has 6 nitrogen and oxygen atoms in total. The molecule has 0 unspecified atom stereocenters. The van der Waals surface area contributed by atoms with Crippen LogP contribution in [0.15, 0.2) is 53.7 Å². The standard InChI is InChI=1S/C18H19ClN4O2S/c1-13-11-22(10-9-20-13)15-6-4-7-16-18(15)21-12-23(16)26(24,25)17-8-3-2-5-14(17)19/h2-8,12-13,20H,9-11H2,1H3/t13-/m0/s1. The van der Waals surface area contributed by atoms with Gasteiger partial charge in [-0.25, -0.2) is 17.4 Å². The first-order valence-electron chi connectivity index (χ1n) is 8.43. The van der Waals surface area contributed by atoms with Crippen molar-refractivity contribution in [2.45, 2.75) is 17.9 Å². The van der Waals surface area contributed by atoms with Crippen molar-refractivity contribution >= 4 is 38.3 Å². The van der Waals surface area contributed by atoms with Crippen molar-refractivity contribution in [3.05, 3.63) is 53.8 Å². The smallest absolute Gasteiger partial charge is 0.270 e.